The molecule has 2 aliphatic carbocycles. The fourth-order valence-corrected chi connectivity index (χ4v) is 5.56. The van der Waals surface area contributed by atoms with E-state index in [1.807, 2.05) is 0 Å². The standard InChI is InChI=1S/C20H23N5O4S/c1-24-8-9-25-16(19(24)26)11-17(22-25)30(28,29)23-20(27)21-18-14-6-2-4-12(14)10-13-5-3-7-15(13)18/h10-11H,2-9H2,1H3,(H2,21,23,27). The minimum atomic E-state index is -4.21. The van der Waals surface area contributed by atoms with Crippen molar-refractivity contribution in [3.8, 4) is 0 Å². The Morgan fingerprint density at radius 1 is 1.03 bits per heavy atom. The van der Waals surface area contributed by atoms with Gasteiger partial charge < -0.3 is 10.2 Å². The molecule has 3 aliphatic rings. The molecule has 0 spiro atoms. The molecule has 0 saturated carbocycles. The quantitative estimate of drug-likeness (QED) is 0.767. The third kappa shape index (κ3) is 3.06. The number of likely N-dealkylation sites (N-methyl/N-ethyl adjacent to an activating group) is 1. The van der Waals surface area contributed by atoms with Crippen molar-refractivity contribution in [1.82, 2.24) is 19.4 Å². The summed E-state index contributed by atoms with van der Waals surface area (Å²) in [5, 5.41) is 6.50. The molecule has 10 heteroatoms. The van der Waals surface area contributed by atoms with Crippen LogP contribution in [0.5, 0.6) is 0 Å². The van der Waals surface area contributed by atoms with Crippen LogP contribution in [0.2, 0.25) is 0 Å². The van der Waals surface area contributed by atoms with Gasteiger partial charge >= 0.3 is 6.03 Å². The van der Waals surface area contributed by atoms with Crippen LogP contribution in [0.4, 0.5) is 10.5 Å². The number of urea groups is 1. The Morgan fingerprint density at radius 3 is 2.37 bits per heavy atom. The number of sulfonamides is 1. The van der Waals surface area contributed by atoms with Gasteiger partial charge in [0.25, 0.3) is 15.9 Å². The number of nitrogens with zero attached hydrogens (tertiary/aromatic N) is 3. The van der Waals surface area contributed by atoms with Crippen LogP contribution in [0.15, 0.2) is 17.2 Å². The van der Waals surface area contributed by atoms with E-state index in [-0.39, 0.29) is 16.6 Å². The number of hydrogen-bond acceptors (Lipinski definition) is 5. The Kier molecular flexibility index (Phi) is 4.35. The molecule has 2 N–H and O–H groups in total. The van der Waals surface area contributed by atoms with Crippen LogP contribution < -0.4 is 10.0 Å². The average molecular weight is 430 g/mol. The lowest BCUT2D eigenvalue weighted by Crippen LogP contribution is -2.37. The van der Waals surface area contributed by atoms with Crippen LogP contribution in [-0.4, -0.2) is 48.6 Å². The monoisotopic (exact) mass is 429 g/mol. The minimum absolute atomic E-state index is 0.197. The predicted molar refractivity (Wildman–Crippen MR) is 109 cm³/mol. The molecule has 1 aromatic carbocycles. The van der Waals surface area contributed by atoms with Gasteiger partial charge in [-0.15, -0.1) is 0 Å². The number of nitrogens with one attached hydrogen (secondary N) is 2. The highest BCUT2D eigenvalue weighted by Crippen LogP contribution is 2.38. The zero-order valence-electron chi connectivity index (χ0n) is 16.7. The van der Waals surface area contributed by atoms with Gasteiger partial charge in [-0.25, -0.2) is 9.52 Å². The van der Waals surface area contributed by atoms with Crippen LogP contribution in [0.3, 0.4) is 0 Å². The van der Waals surface area contributed by atoms with E-state index in [1.165, 1.54) is 26.8 Å². The highest BCUT2D eigenvalue weighted by Gasteiger charge is 2.30. The fraction of sp³-hybridized carbons (Fsp3) is 0.450. The van der Waals surface area contributed by atoms with E-state index in [0.717, 1.165) is 55.3 Å². The van der Waals surface area contributed by atoms with Crippen molar-refractivity contribution in [2.75, 3.05) is 18.9 Å². The maximum absolute atomic E-state index is 12.7. The van der Waals surface area contributed by atoms with Crippen LogP contribution in [-0.2, 0) is 42.3 Å². The van der Waals surface area contributed by atoms with Crippen LogP contribution in [0, 0.1) is 0 Å². The maximum atomic E-state index is 12.7. The van der Waals surface area contributed by atoms with Gasteiger partial charge in [0.1, 0.15) is 5.69 Å². The first-order valence-corrected chi connectivity index (χ1v) is 11.7. The van der Waals surface area contributed by atoms with Crippen molar-refractivity contribution in [3.05, 3.63) is 40.1 Å². The van der Waals surface area contributed by atoms with Gasteiger partial charge in [-0.3, -0.25) is 9.48 Å². The molecule has 0 saturated heterocycles. The lowest BCUT2D eigenvalue weighted by molar-refractivity contribution is 0.0742. The smallest absolute Gasteiger partial charge is 0.333 e. The minimum Gasteiger partial charge on any atom is -0.339 e. The molecule has 1 aromatic heterocycles. The number of fused-ring (bicyclic) bond motifs is 3. The van der Waals surface area contributed by atoms with Gasteiger partial charge in [-0.05, 0) is 60.8 Å². The summed E-state index contributed by atoms with van der Waals surface area (Å²) in [4.78, 5) is 26.4. The van der Waals surface area contributed by atoms with E-state index >= 15 is 0 Å². The SMILES string of the molecule is CN1CCn2nc(S(=O)(=O)NC(=O)Nc3c4c(cc5c3CCC5)CCC4)cc2C1=O. The Labute approximate surface area is 174 Å². The number of aryl methyl sites for hydroxylation is 2. The predicted octanol–water partition coefficient (Wildman–Crippen LogP) is 1.46. The molecule has 0 radical (unpaired) electrons. The molecule has 0 fully saturated rings. The van der Waals surface area contributed by atoms with E-state index < -0.39 is 16.1 Å². The van der Waals surface area contributed by atoms with Gasteiger partial charge in [0.2, 0.25) is 0 Å². The summed E-state index contributed by atoms with van der Waals surface area (Å²) in [7, 11) is -2.56. The van der Waals surface area contributed by atoms with Crippen LogP contribution in [0.25, 0.3) is 0 Å². The van der Waals surface area contributed by atoms with Gasteiger partial charge in [0.15, 0.2) is 5.03 Å². The molecule has 9 nitrogen and oxygen atoms in total. The van der Waals surface area contributed by atoms with Crippen molar-refractivity contribution in [2.24, 2.45) is 0 Å². The lowest BCUT2D eigenvalue weighted by Gasteiger charge is -2.22. The van der Waals surface area contributed by atoms with Crippen LogP contribution in [0.1, 0.15) is 45.6 Å². The molecular formula is C20H23N5O4S. The second kappa shape index (κ2) is 6.83. The lowest BCUT2D eigenvalue weighted by atomic mass is 9.99. The normalized spacial score (nSPS) is 17.5. The molecule has 2 heterocycles. The number of rotatable bonds is 3. The molecule has 158 valence electrons. The molecule has 1 aliphatic heterocycles. The molecule has 3 amide bonds. The second-order valence-corrected chi connectivity index (χ2v) is 9.74. The summed E-state index contributed by atoms with van der Waals surface area (Å²) in [6.45, 7) is 0.854. The molecule has 2 aromatic rings. The molecule has 0 unspecified atom stereocenters. The maximum Gasteiger partial charge on any atom is 0.333 e. The van der Waals surface area contributed by atoms with E-state index in [1.54, 1.807) is 7.05 Å². The first kappa shape index (κ1) is 19.1. The van der Waals surface area contributed by atoms with E-state index in [9.17, 15) is 18.0 Å². The first-order valence-electron chi connectivity index (χ1n) is 10.2. The number of hydrogen-bond donors (Lipinski definition) is 2. The molecule has 0 atom stereocenters. The second-order valence-electron chi connectivity index (χ2n) is 8.11. The topological polar surface area (TPSA) is 113 Å². The van der Waals surface area contributed by atoms with E-state index in [2.05, 4.69) is 21.2 Å². The van der Waals surface area contributed by atoms with E-state index in [4.69, 9.17) is 0 Å². The summed E-state index contributed by atoms with van der Waals surface area (Å²) >= 11 is 0. The number of carbonyl (C=O) groups excluding carboxylic acids is 2. The fourth-order valence-electron chi connectivity index (χ4n) is 4.69. The molecule has 30 heavy (non-hydrogen) atoms. The number of benzene rings is 1. The number of aromatic nitrogens is 2. The van der Waals surface area contributed by atoms with Gasteiger partial charge in [0, 0.05) is 25.3 Å². The number of carbonyl (C=O) groups is 2. The zero-order valence-corrected chi connectivity index (χ0v) is 17.5. The van der Waals surface area contributed by atoms with Crippen molar-refractivity contribution < 1.29 is 18.0 Å². The van der Waals surface area contributed by atoms with Crippen molar-refractivity contribution in [2.45, 2.75) is 50.1 Å². The Morgan fingerprint density at radius 2 is 1.70 bits per heavy atom. The third-order valence-electron chi connectivity index (χ3n) is 6.18. The number of anilines is 1. The third-order valence-corrected chi connectivity index (χ3v) is 7.39. The Hall–Kier alpha value is -2.88. The molecular weight excluding hydrogens is 406 g/mol. The van der Waals surface area contributed by atoms with E-state index in [0.29, 0.717) is 13.1 Å². The molecule has 5 rings (SSSR count). The first-order chi connectivity index (χ1) is 14.3. The Balaban J connectivity index is 1.39. The average Bonchev–Trinajstić information content (AvgIpc) is 3.42. The van der Waals surface area contributed by atoms with Gasteiger partial charge in [0.05, 0.1) is 6.54 Å². The highest BCUT2D eigenvalue weighted by molar-refractivity contribution is 7.90. The summed E-state index contributed by atoms with van der Waals surface area (Å²) in [5.41, 5.74) is 5.70. The summed E-state index contributed by atoms with van der Waals surface area (Å²) in [6, 6.07) is 2.65. The zero-order chi connectivity index (χ0) is 21.0. The largest absolute Gasteiger partial charge is 0.339 e. The summed E-state index contributed by atoms with van der Waals surface area (Å²) < 4.78 is 28.9. The summed E-state index contributed by atoms with van der Waals surface area (Å²) in [5.74, 6) is -0.296. The van der Waals surface area contributed by atoms with Crippen molar-refractivity contribution in [3.63, 3.8) is 0 Å². The highest BCUT2D eigenvalue weighted by atomic mass is 32.2. The van der Waals surface area contributed by atoms with Crippen LogP contribution >= 0.6 is 0 Å². The number of amides is 3. The van der Waals surface area contributed by atoms with Crippen molar-refractivity contribution >= 4 is 27.6 Å². The summed E-state index contributed by atoms with van der Waals surface area (Å²) in [6.07, 6.45) is 5.81. The van der Waals surface area contributed by atoms with Gasteiger partial charge in [-0.2, -0.15) is 13.5 Å². The Bertz CT molecular complexity index is 1150. The van der Waals surface area contributed by atoms with Crippen molar-refractivity contribution in [1.29, 1.82) is 0 Å². The van der Waals surface area contributed by atoms with Gasteiger partial charge in [-0.1, -0.05) is 6.07 Å². The molecule has 0 bridgehead atoms.